The molecule has 3 heterocycles. The fourth-order valence-electron chi connectivity index (χ4n) is 3.50. The highest BCUT2D eigenvalue weighted by atomic mass is 32.1. The van der Waals surface area contributed by atoms with Crippen molar-refractivity contribution in [1.29, 1.82) is 0 Å². The number of fused-ring (bicyclic) bond motifs is 1. The fraction of sp³-hybridized carbons (Fsp3) is 0.200. The van der Waals surface area contributed by atoms with E-state index in [0.717, 1.165) is 6.07 Å². The van der Waals surface area contributed by atoms with Crippen LogP contribution in [0.2, 0.25) is 0 Å². The van der Waals surface area contributed by atoms with Gasteiger partial charge in [-0.2, -0.15) is 0 Å². The zero-order valence-corrected chi connectivity index (χ0v) is 16.5. The Labute approximate surface area is 174 Å². The van der Waals surface area contributed by atoms with Crippen molar-refractivity contribution in [2.24, 2.45) is 5.73 Å². The molecule has 10 heteroatoms. The molecular weight excluding hydrogens is 411 g/mol. The van der Waals surface area contributed by atoms with Crippen molar-refractivity contribution in [2.45, 2.75) is 13.0 Å². The quantitative estimate of drug-likeness (QED) is 0.640. The van der Waals surface area contributed by atoms with Crippen LogP contribution in [-0.2, 0) is 13.0 Å². The molecule has 4 rings (SSSR count). The second kappa shape index (κ2) is 7.71. The molecule has 0 aliphatic carbocycles. The summed E-state index contributed by atoms with van der Waals surface area (Å²) >= 11 is 1.27. The number of benzene rings is 1. The van der Waals surface area contributed by atoms with Crippen molar-refractivity contribution in [3.8, 4) is 16.3 Å². The molecule has 3 aromatic rings. The number of primary amides is 1. The maximum Gasteiger partial charge on any atom is 0.274 e. The van der Waals surface area contributed by atoms with Crippen molar-refractivity contribution in [1.82, 2.24) is 14.5 Å². The molecule has 3 N–H and O–H groups in total. The average Bonchev–Trinajstić information content (AvgIpc) is 3.25. The SMILES string of the molecule is NC(=O)c1cc(F)ccc1CCN1CCn2cc(-c3nccs3)c(=O)c(O)c2C1=O. The lowest BCUT2D eigenvalue weighted by atomic mass is 10.0. The van der Waals surface area contributed by atoms with Gasteiger partial charge in [0.2, 0.25) is 11.3 Å². The minimum Gasteiger partial charge on any atom is -0.503 e. The third-order valence-electron chi connectivity index (χ3n) is 5.01. The van der Waals surface area contributed by atoms with Gasteiger partial charge in [-0.25, -0.2) is 9.37 Å². The Balaban J connectivity index is 1.60. The van der Waals surface area contributed by atoms with E-state index >= 15 is 0 Å². The molecule has 0 fully saturated rings. The normalized spacial score (nSPS) is 13.4. The van der Waals surface area contributed by atoms with Crippen LogP contribution in [0.25, 0.3) is 10.6 Å². The maximum atomic E-state index is 13.4. The van der Waals surface area contributed by atoms with Gasteiger partial charge >= 0.3 is 0 Å². The number of carbonyl (C=O) groups excluding carboxylic acids is 2. The van der Waals surface area contributed by atoms with Crippen LogP contribution in [0.15, 0.2) is 40.8 Å². The van der Waals surface area contributed by atoms with Crippen molar-refractivity contribution in [2.75, 3.05) is 13.1 Å². The number of hydrogen-bond acceptors (Lipinski definition) is 6. The molecule has 0 atom stereocenters. The average molecular weight is 428 g/mol. The first-order valence-electron chi connectivity index (χ1n) is 9.10. The Morgan fingerprint density at radius 3 is 2.80 bits per heavy atom. The maximum absolute atomic E-state index is 13.4. The number of halogens is 1. The molecular formula is C20H17FN4O4S. The van der Waals surface area contributed by atoms with E-state index in [1.54, 1.807) is 16.1 Å². The molecule has 0 saturated carbocycles. The van der Waals surface area contributed by atoms with Crippen LogP contribution < -0.4 is 11.2 Å². The second-order valence-corrected chi connectivity index (χ2v) is 7.70. The molecule has 0 bridgehead atoms. The van der Waals surface area contributed by atoms with E-state index in [1.165, 1.54) is 34.6 Å². The third kappa shape index (κ3) is 3.45. The third-order valence-corrected chi connectivity index (χ3v) is 5.81. The predicted molar refractivity (Wildman–Crippen MR) is 108 cm³/mol. The Bertz CT molecular complexity index is 1210. The molecule has 8 nitrogen and oxygen atoms in total. The topological polar surface area (TPSA) is 119 Å². The summed E-state index contributed by atoms with van der Waals surface area (Å²) in [4.78, 5) is 42.6. The van der Waals surface area contributed by atoms with Crippen LogP contribution in [0, 0.1) is 5.82 Å². The van der Waals surface area contributed by atoms with E-state index in [1.807, 2.05) is 0 Å². The summed E-state index contributed by atoms with van der Waals surface area (Å²) in [6.45, 7) is 0.935. The number of thiazole rings is 1. The summed E-state index contributed by atoms with van der Waals surface area (Å²) in [5.74, 6) is -2.43. The smallest absolute Gasteiger partial charge is 0.274 e. The minimum absolute atomic E-state index is 0.0621. The molecule has 1 aliphatic rings. The van der Waals surface area contributed by atoms with Crippen LogP contribution >= 0.6 is 11.3 Å². The summed E-state index contributed by atoms with van der Waals surface area (Å²) < 4.78 is 15.0. The summed E-state index contributed by atoms with van der Waals surface area (Å²) in [5, 5.41) is 12.6. The van der Waals surface area contributed by atoms with Gasteiger partial charge in [0, 0.05) is 43.0 Å². The Hall–Kier alpha value is -3.53. The van der Waals surface area contributed by atoms with Gasteiger partial charge in [-0.15, -0.1) is 11.3 Å². The highest BCUT2D eigenvalue weighted by Gasteiger charge is 2.30. The molecule has 2 amide bonds. The first kappa shape index (κ1) is 19.8. The standard InChI is InChI=1S/C20H17FN4O4S/c21-12-2-1-11(13(9-12)18(22)28)3-5-24-6-7-25-10-14(19-23-4-8-30-19)16(26)17(27)15(25)20(24)29/h1-2,4,8-10,27H,3,5-7H2,(H2,22,28). The summed E-state index contributed by atoms with van der Waals surface area (Å²) in [7, 11) is 0. The lowest BCUT2D eigenvalue weighted by Gasteiger charge is -2.30. The van der Waals surface area contributed by atoms with E-state index in [-0.39, 0.29) is 29.8 Å². The first-order valence-corrected chi connectivity index (χ1v) is 9.98. The van der Waals surface area contributed by atoms with Gasteiger partial charge in [-0.3, -0.25) is 14.4 Å². The van der Waals surface area contributed by atoms with Crippen LogP contribution in [0.1, 0.15) is 26.4 Å². The molecule has 154 valence electrons. The summed E-state index contributed by atoms with van der Waals surface area (Å²) in [6.07, 6.45) is 3.37. The predicted octanol–water partition coefficient (Wildman–Crippen LogP) is 1.61. The molecule has 1 aromatic carbocycles. The van der Waals surface area contributed by atoms with Gasteiger partial charge in [0.1, 0.15) is 10.8 Å². The van der Waals surface area contributed by atoms with E-state index in [9.17, 15) is 23.9 Å². The van der Waals surface area contributed by atoms with Crippen LogP contribution in [0.3, 0.4) is 0 Å². The number of nitrogens with zero attached hydrogens (tertiary/aromatic N) is 3. The zero-order valence-electron chi connectivity index (χ0n) is 15.7. The van der Waals surface area contributed by atoms with E-state index in [0.29, 0.717) is 23.7 Å². The van der Waals surface area contributed by atoms with Crippen LogP contribution in [0.4, 0.5) is 4.39 Å². The molecule has 0 spiro atoms. The lowest BCUT2D eigenvalue weighted by Crippen LogP contribution is -2.42. The minimum atomic E-state index is -0.751. The molecule has 0 saturated heterocycles. The molecule has 30 heavy (non-hydrogen) atoms. The van der Waals surface area contributed by atoms with Crippen molar-refractivity contribution >= 4 is 23.2 Å². The lowest BCUT2D eigenvalue weighted by molar-refractivity contribution is 0.0699. The van der Waals surface area contributed by atoms with Gasteiger partial charge in [0.15, 0.2) is 11.4 Å². The Kier molecular flexibility index (Phi) is 5.08. The van der Waals surface area contributed by atoms with Gasteiger partial charge in [-0.1, -0.05) is 6.07 Å². The van der Waals surface area contributed by atoms with Gasteiger partial charge in [0.25, 0.3) is 5.91 Å². The molecule has 0 radical (unpaired) electrons. The monoisotopic (exact) mass is 428 g/mol. The number of aromatic nitrogens is 2. The highest BCUT2D eigenvalue weighted by molar-refractivity contribution is 7.13. The number of pyridine rings is 1. The number of aromatic hydroxyl groups is 1. The summed E-state index contributed by atoms with van der Waals surface area (Å²) in [5.41, 5.74) is 5.40. The van der Waals surface area contributed by atoms with Crippen molar-refractivity contribution < 1.29 is 19.1 Å². The molecule has 1 aliphatic heterocycles. The van der Waals surface area contributed by atoms with Gasteiger partial charge < -0.3 is 20.3 Å². The van der Waals surface area contributed by atoms with Gasteiger partial charge in [0.05, 0.1) is 5.56 Å². The largest absolute Gasteiger partial charge is 0.503 e. The van der Waals surface area contributed by atoms with E-state index < -0.39 is 28.8 Å². The van der Waals surface area contributed by atoms with E-state index in [2.05, 4.69) is 4.98 Å². The van der Waals surface area contributed by atoms with Gasteiger partial charge in [-0.05, 0) is 24.1 Å². The summed E-state index contributed by atoms with van der Waals surface area (Å²) in [6, 6.07) is 3.75. The van der Waals surface area contributed by atoms with Crippen LogP contribution in [-0.4, -0.2) is 44.5 Å². The Morgan fingerprint density at radius 1 is 1.30 bits per heavy atom. The Morgan fingerprint density at radius 2 is 2.10 bits per heavy atom. The number of nitrogens with two attached hydrogens (primary N) is 1. The highest BCUT2D eigenvalue weighted by Crippen LogP contribution is 2.26. The second-order valence-electron chi connectivity index (χ2n) is 6.81. The van der Waals surface area contributed by atoms with Crippen molar-refractivity contribution in [3.63, 3.8) is 0 Å². The van der Waals surface area contributed by atoms with Crippen molar-refractivity contribution in [3.05, 3.63) is 68.8 Å². The van der Waals surface area contributed by atoms with E-state index in [4.69, 9.17) is 5.73 Å². The number of rotatable bonds is 5. The number of carbonyl (C=O) groups is 2. The number of hydrogen-bond donors (Lipinski definition) is 2. The fourth-order valence-corrected chi connectivity index (χ4v) is 4.15. The first-order chi connectivity index (χ1) is 14.4. The zero-order chi connectivity index (χ0) is 21.4. The van der Waals surface area contributed by atoms with Crippen LogP contribution in [0.5, 0.6) is 5.75 Å². The molecule has 0 unspecified atom stereocenters. The molecule has 2 aromatic heterocycles. The number of amides is 2.